The van der Waals surface area contributed by atoms with Gasteiger partial charge < -0.3 is 4.90 Å². The Balaban J connectivity index is 2.05. The Morgan fingerprint density at radius 1 is 1.40 bits per heavy atom. The molecule has 0 spiro atoms. The molecule has 1 aliphatic heterocycles. The van der Waals surface area contributed by atoms with Crippen LogP contribution >= 0.6 is 0 Å². The summed E-state index contributed by atoms with van der Waals surface area (Å²) in [4.78, 5) is 16.9. The number of hydrogen-bond acceptors (Lipinski definition) is 3. The van der Waals surface area contributed by atoms with Gasteiger partial charge in [-0.1, -0.05) is 6.08 Å². The Morgan fingerprint density at radius 2 is 2.20 bits per heavy atom. The van der Waals surface area contributed by atoms with E-state index in [1.807, 2.05) is 35.7 Å². The van der Waals surface area contributed by atoms with Crippen LogP contribution < -0.4 is 0 Å². The molecule has 0 saturated carbocycles. The highest BCUT2D eigenvalue weighted by molar-refractivity contribution is 5.95. The number of rotatable bonds is 4. The van der Waals surface area contributed by atoms with E-state index in [0.717, 1.165) is 56.9 Å². The standard InChI is InChI=1S/C15H24N4O/c1-4-7-17-8-6-9-18(11-10-17)15(20)14-12-19(5-2)16-13(14)3/h4,12H,1,5-11H2,2-3H3. The Bertz CT molecular complexity index is 480. The maximum Gasteiger partial charge on any atom is 0.257 e. The number of hydrogen-bond donors (Lipinski definition) is 0. The molecule has 0 atom stereocenters. The lowest BCUT2D eigenvalue weighted by Gasteiger charge is -2.21. The Morgan fingerprint density at radius 3 is 2.85 bits per heavy atom. The second-order valence-electron chi connectivity index (χ2n) is 5.22. The van der Waals surface area contributed by atoms with E-state index >= 15 is 0 Å². The van der Waals surface area contributed by atoms with E-state index in [1.54, 1.807) is 0 Å². The van der Waals surface area contributed by atoms with Crippen LogP contribution in [0.15, 0.2) is 18.9 Å². The molecule has 0 unspecified atom stereocenters. The molecule has 2 rings (SSSR count). The summed E-state index contributed by atoms with van der Waals surface area (Å²) in [5, 5.41) is 4.36. The fourth-order valence-electron chi connectivity index (χ4n) is 2.60. The minimum atomic E-state index is 0.114. The van der Waals surface area contributed by atoms with Crippen molar-refractivity contribution in [3.05, 3.63) is 30.1 Å². The van der Waals surface area contributed by atoms with E-state index in [4.69, 9.17) is 0 Å². The molecule has 0 radical (unpaired) electrons. The molecule has 20 heavy (non-hydrogen) atoms. The Hall–Kier alpha value is -1.62. The molecule has 1 amide bonds. The van der Waals surface area contributed by atoms with Crippen LogP contribution in [0.5, 0.6) is 0 Å². The third kappa shape index (κ3) is 3.28. The zero-order chi connectivity index (χ0) is 14.5. The highest BCUT2D eigenvalue weighted by Gasteiger charge is 2.22. The summed E-state index contributed by atoms with van der Waals surface area (Å²) in [5.41, 5.74) is 1.56. The van der Waals surface area contributed by atoms with Crippen LogP contribution in [0.1, 0.15) is 29.4 Å². The monoisotopic (exact) mass is 276 g/mol. The molecule has 1 saturated heterocycles. The van der Waals surface area contributed by atoms with Crippen molar-refractivity contribution >= 4 is 5.91 Å². The van der Waals surface area contributed by atoms with Gasteiger partial charge in [-0.2, -0.15) is 5.10 Å². The average Bonchev–Trinajstić information content (AvgIpc) is 2.67. The van der Waals surface area contributed by atoms with Crippen LogP contribution in [0.4, 0.5) is 0 Å². The van der Waals surface area contributed by atoms with Gasteiger partial charge in [0, 0.05) is 45.5 Å². The summed E-state index contributed by atoms with van der Waals surface area (Å²) in [6, 6.07) is 0. The maximum absolute atomic E-state index is 12.6. The first-order chi connectivity index (χ1) is 9.65. The van der Waals surface area contributed by atoms with Gasteiger partial charge in [0.2, 0.25) is 0 Å². The number of aromatic nitrogens is 2. The molecule has 0 bridgehead atoms. The van der Waals surface area contributed by atoms with Crippen molar-refractivity contribution in [3.63, 3.8) is 0 Å². The summed E-state index contributed by atoms with van der Waals surface area (Å²) in [5.74, 6) is 0.114. The molecular formula is C15H24N4O. The fraction of sp³-hybridized carbons (Fsp3) is 0.600. The van der Waals surface area contributed by atoms with Gasteiger partial charge in [0.25, 0.3) is 5.91 Å². The van der Waals surface area contributed by atoms with E-state index in [9.17, 15) is 4.79 Å². The van der Waals surface area contributed by atoms with E-state index in [0.29, 0.717) is 0 Å². The lowest BCUT2D eigenvalue weighted by Crippen LogP contribution is -2.35. The molecule has 5 nitrogen and oxygen atoms in total. The summed E-state index contributed by atoms with van der Waals surface area (Å²) < 4.78 is 1.82. The van der Waals surface area contributed by atoms with Crippen LogP contribution in [0.25, 0.3) is 0 Å². The molecule has 1 aromatic rings. The average molecular weight is 276 g/mol. The van der Waals surface area contributed by atoms with Crippen molar-refractivity contribution in [2.45, 2.75) is 26.8 Å². The van der Waals surface area contributed by atoms with Crippen molar-refractivity contribution in [1.82, 2.24) is 19.6 Å². The van der Waals surface area contributed by atoms with E-state index < -0.39 is 0 Å². The molecule has 2 heterocycles. The summed E-state index contributed by atoms with van der Waals surface area (Å²) >= 11 is 0. The molecule has 0 aliphatic carbocycles. The van der Waals surface area contributed by atoms with Crippen molar-refractivity contribution in [1.29, 1.82) is 0 Å². The quantitative estimate of drug-likeness (QED) is 0.783. The van der Waals surface area contributed by atoms with Gasteiger partial charge in [-0.05, 0) is 20.3 Å². The van der Waals surface area contributed by atoms with E-state index in [-0.39, 0.29) is 5.91 Å². The summed E-state index contributed by atoms with van der Waals surface area (Å²) in [6.45, 7) is 12.9. The van der Waals surface area contributed by atoms with Crippen LogP contribution in [0, 0.1) is 6.92 Å². The predicted octanol–water partition coefficient (Wildman–Crippen LogP) is 1.55. The molecule has 5 heteroatoms. The van der Waals surface area contributed by atoms with Crippen LogP contribution in [-0.2, 0) is 6.54 Å². The van der Waals surface area contributed by atoms with Crippen molar-refractivity contribution < 1.29 is 4.79 Å². The van der Waals surface area contributed by atoms with Crippen LogP contribution in [0.2, 0.25) is 0 Å². The Labute approximate surface area is 120 Å². The first-order valence-electron chi connectivity index (χ1n) is 7.32. The van der Waals surface area contributed by atoms with Gasteiger partial charge >= 0.3 is 0 Å². The number of carbonyl (C=O) groups excluding carboxylic acids is 1. The number of carbonyl (C=O) groups is 1. The van der Waals surface area contributed by atoms with E-state index in [1.165, 1.54) is 0 Å². The lowest BCUT2D eigenvalue weighted by molar-refractivity contribution is 0.0761. The lowest BCUT2D eigenvalue weighted by atomic mass is 10.2. The number of aryl methyl sites for hydroxylation is 2. The predicted molar refractivity (Wildman–Crippen MR) is 79.8 cm³/mol. The zero-order valence-electron chi connectivity index (χ0n) is 12.5. The minimum Gasteiger partial charge on any atom is -0.337 e. The third-order valence-corrected chi connectivity index (χ3v) is 3.76. The molecular weight excluding hydrogens is 252 g/mol. The molecule has 0 N–H and O–H groups in total. The third-order valence-electron chi connectivity index (χ3n) is 3.76. The van der Waals surface area contributed by atoms with Crippen LogP contribution in [0.3, 0.4) is 0 Å². The molecule has 0 aromatic carbocycles. The molecule has 1 aromatic heterocycles. The van der Waals surface area contributed by atoms with Gasteiger partial charge in [-0.25, -0.2) is 0 Å². The smallest absolute Gasteiger partial charge is 0.257 e. The topological polar surface area (TPSA) is 41.4 Å². The number of amides is 1. The molecule has 1 aliphatic rings. The fourth-order valence-corrected chi connectivity index (χ4v) is 2.60. The zero-order valence-corrected chi connectivity index (χ0v) is 12.5. The highest BCUT2D eigenvalue weighted by atomic mass is 16.2. The normalized spacial score (nSPS) is 17.0. The molecule has 110 valence electrons. The van der Waals surface area contributed by atoms with Gasteiger partial charge in [0.1, 0.15) is 0 Å². The van der Waals surface area contributed by atoms with Crippen molar-refractivity contribution in [2.75, 3.05) is 32.7 Å². The number of nitrogens with zero attached hydrogens (tertiary/aromatic N) is 4. The van der Waals surface area contributed by atoms with Gasteiger partial charge in [0.05, 0.1) is 11.3 Å². The first kappa shape index (κ1) is 14.8. The van der Waals surface area contributed by atoms with Gasteiger partial charge in [0.15, 0.2) is 0 Å². The SMILES string of the molecule is C=CCN1CCCN(C(=O)c2cn(CC)nc2C)CC1. The Kier molecular flexibility index (Phi) is 4.95. The highest BCUT2D eigenvalue weighted by Crippen LogP contribution is 2.12. The second kappa shape index (κ2) is 6.70. The maximum atomic E-state index is 12.6. The summed E-state index contributed by atoms with van der Waals surface area (Å²) in [7, 11) is 0. The van der Waals surface area contributed by atoms with Crippen molar-refractivity contribution in [2.24, 2.45) is 0 Å². The summed E-state index contributed by atoms with van der Waals surface area (Å²) in [6.07, 6.45) is 4.80. The first-order valence-corrected chi connectivity index (χ1v) is 7.32. The van der Waals surface area contributed by atoms with E-state index in [2.05, 4.69) is 16.6 Å². The van der Waals surface area contributed by atoms with Crippen LogP contribution in [-0.4, -0.2) is 58.2 Å². The van der Waals surface area contributed by atoms with Crippen molar-refractivity contribution in [3.8, 4) is 0 Å². The largest absolute Gasteiger partial charge is 0.337 e. The second-order valence-corrected chi connectivity index (χ2v) is 5.22. The van der Waals surface area contributed by atoms with Gasteiger partial charge in [-0.15, -0.1) is 6.58 Å². The molecule has 1 fully saturated rings. The minimum absolute atomic E-state index is 0.114. The van der Waals surface area contributed by atoms with Gasteiger partial charge in [-0.3, -0.25) is 14.4 Å².